The molecule has 0 aliphatic rings. The zero-order valence-electron chi connectivity index (χ0n) is 15.0. The molecule has 0 atom stereocenters. The standard InChI is InChI=1S/C21H17N3O4/c1-28-21(27)16-11-9-14(10-12-16)13-22-24-20(26)19(25)23-18-8-4-6-15-5-2-3-7-17(15)18/h2-13H,1H3,(H,23,25)(H,24,26). The molecule has 0 aliphatic carbocycles. The third kappa shape index (κ3) is 4.39. The number of ether oxygens (including phenoxy) is 1. The number of hydrazone groups is 1. The first-order valence-electron chi connectivity index (χ1n) is 8.39. The molecule has 0 heterocycles. The Bertz CT molecular complexity index is 1050. The number of carbonyl (C=O) groups is 3. The first-order chi connectivity index (χ1) is 13.6. The predicted octanol–water partition coefficient (Wildman–Crippen LogP) is 2.72. The second kappa shape index (κ2) is 8.59. The quantitative estimate of drug-likeness (QED) is 0.317. The molecule has 2 N–H and O–H groups in total. The highest BCUT2D eigenvalue weighted by molar-refractivity contribution is 6.40. The van der Waals surface area contributed by atoms with Gasteiger partial charge in [-0.3, -0.25) is 9.59 Å². The van der Waals surface area contributed by atoms with Crippen molar-refractivity contribution in [2.75, 3.05) is 12.4 Å². The third-order valence-electron chi connectivity index (χ3n) is 3.96. The largest absolute Gasteiger partial charge is 0.465 e. The highest BCUT2D eigenvalue weighted by Gasteiger charge is 2.14. The van der Waals surface area contributed by atoms with Crippen molar-refractivity contribution in [3.8, 4) is 0 Å². The smallest absolute Gasteiger partial charge is 0.337 e. The number of benzene rings is 3. The van der Waals surface area contributed by atoms with Crippen LogP contribution in [0, 0.1) is 0 Å². The number of esters is 1. The van der Waals surface area contributed by atoms with Gasteiger partial charge in [0.25, 0.3) is 0 Å². The van der Waals surface area contributed by atoms with E-state index in [1.165, 1.54) is 13.3 Å². The summed E-state index contributed by atoms with van der Waals surface area (Å²) in [6, 6.07) is 19.4. The first kappa shape index (κ1) is 18.8. The van der Waals surface area contributed by atoms with Crippen LogP contribution in [0.3, 0.4) is 0 Å². The fourth-order valence-electron chi connectivity index (χ4n) is 2.55. The lowest BCUT2D eigenvalue weighted by Gasteiger charge is -2.07. The highest BCUT2D eigenvalue weighted by Crippen LogP contribution is 2.22. The molecular formula is C21H17N3O4. The Kier molecular flexibility index (Phi) is 5.76. The molecule has 0 saturated heterocycles. The maximum Gasteiger partial charge on any atom is 0.337 e. The Hall–Kier alpha value is -4.00. The summed E-state index contributed by atoms with van der Waals surface area (Å²) in [6.07, 6.45) is 1.37. The Morgan fingerprint density at radius 3 is 2.36 bits per heavy atom. The molecule has 0 unspecified atom stereocenters. The molecule has 140 valence electrons. The number of hydrogen-bond acceptors (Lipinski definition) is 5. The maximum absolute atomic E-state index is 12.1. The zero-order chi connectivity index (χ0) is 19.9. The van der Waals surface area contributed by atoms with Crippen LogP contribution in [0.5, 0.6) is 0 Å². The first-order valence-corrected chi connectivity index (χ1v) is 8.39. The van der Waals surface area contributed by atoms with Crippen molar-refractivity contribution in [2.24, 2.45) is 5.10 Å². The second-order valence-corrected chi connectivity index (χ2v) is 5.79. The Balaban J connectivity index is 1.60. The van der Waals surface area contributed by atoms with E-state index >= 15 is 0 Å². The summed E-state index contributed by atoms with van der Waals surface area (Å²) < 4.78 is 4.62. The summed E-state index contributed by atoms with van der Waals surface area (Å²) in [5.41, 5.74) is 3.76. The van der Waals surface area contributed by atoms with Crippen LogP contribution >= 0.6 is 0 Å². The minimum atomic E-state index is -0.893. The summed E-state index contributed by atoms with van der Waals surface area (Å²) in [7, 11) is 1.30. The van der Waals surface area contributed by atoms with Gasteiger partial charge in [-0.1, -0.05) is 48.5 Å². The van der Waals surface area contributed by atoms with E-state index in [0.717, 1.165) is 10.8 Å². The second-order valence-electron chi connectivity index (χ2n) is 5.79. The van der Waals surface area contributed by atoms with E-state index in [9.17, 15) is 14.4 Å². The molecule has 28 heavy (non-hydrogen) atoms. The van der Waals surface area contributed by atoms with E-state index in [4.69, 9.17) is 0 Å². The van der Waals surface area contributed by atoms with Crippen LogP contribution in [0.1, 0.15) is 15.9 Å². The normalized spacial score (nSPS) is 10.6. The molecule has 3 aromatic rings. The van der Waals surface area contributed by atoms with Crippen molar-refractivity contribution in [1.29, 1.82) is 0 Å². The van der Waals surface area contributed by atoms with Gasteiger partial charge in [-0.2, -0.15) is 5.10 Å². The molecule has 0 bridgehead atoms. The van der Waals surface area contributed by atoms with E-state index in [0.29, 0.717) is 16.8 Å². The number of methoxy groups -OCH3 is 1. The summed E-state index contributed by atoms with van der Waals surface area (Å²) >= 11 is 0. The van der Waals surface area contributed by atoms with E-state index in [-0.39, 0.29) is 0 Å². The van der Waals surface area contributed by atoms with Gasteiger partial charge in [0.1, 0.15) is 0 Å². The van der Waals surface area contributed by atoms with Crippen molar-refractivity contribution in [3.05, 3.63) is 77.9 Å². The van der Waals surface area contributed by atoms with Crippen LogP contribution in [0.25, 0.3) is 10.8 Å². The van der Waals surface area contributed by atoms with Crippen molar-refractivity contribution in [1.82, 2.24) is 5.43 Å². The zero-order valence-corrected chi connectivity index (χ0v) is 15.0. The SMILES string of the molecule is COC(=O)c1ccc(C=NNC(=O)C(=O)Nc2cccc3ccccc23)cc1. The number of nitrogens with one attached hydrogen (secondary N) is 2. The number of nitrogens with zero attached hydrogens (tertiary/aromatic N) is 1. The van der Waals surface area contributed by atoms with E-state index in [1.54, 1.807) is 36.4 Å². The van der Waals surface area contributed by atoms with Gasteiger partial charge < -0.3 is 10.1 Å². The molecule has 0 aromatic heterocycles. The van der Waals surface area contributed by atoms with Crippen LogP contribution in [-0.4, -0.2) is 31.1 Å². The number of carbonyl (C=O) groups excluding carboxylic acids is 3. The van der Waals surface area contributed by atoms with Crippen molar-refractivity contribution < 1.29 is 19.1 Å². The molecule has 0 saturated carbocycles. The summed E-state index contributed by atoms with van der Waals surface area (Å²) in [4.78, 5) is 35.4. The fourth-order valence-corrected chi connectivity index (χ4v) is 2.55. The molecule has 0 fully saturated rings. The molecule has 0 spiro atoms. The Labute approximate surface area is 161 Å². The van der Waals surface area contributed by atoms with Gasteiger partial charge in [0.15, 0.2) is 0 Å². The molecule has 2 amide bonds. The minimum Gasteiger partial charge on any atom is -0.465 e. The molecule has 0 aliphatic heterocycles. The molecule has 0 radical (unpaired) electrons. The lowest BCUT2D eigenvalue weighted by Crippen LogP contribution is -2.32. The summed E-state index contributed by atoms with van der Waals surface area (Å²) in [5, 5.41) is 8.13. The molecule has 7 nitrogen and oxygen atoms in total. The third-order valence-corrected chi connectivity index (χ3v) is 3.96. The molecule has 3 aromatic carbocycles. The Morgan fingerprint density at radius 2 is 1.61 bits per heavy atom. The monoisotopic (exact) mass is 375 g/mol. The van der Waals surface area contributed by atoms with Crippen LogP contribution < -0.4 is 10.7 Å². The van der Waals surface area contributed by atoms with Gasteiger partial charge in [0.2, 0.25) is 0 Å². The van der Waals surface area contributed by atoms with E-state index < -0.39 is 17.8 Å². The van der Waals surface area contributed by atoms with E-state index in [1.807, 2.05) is 30.3 Å². The van der Waals surface area contributed by atoms with Crippen molar-refractivity contribution in [2.45, 2.75) is 0 Å². The van der Waals surface area contributed by atoms with E-state index in [2.05, 4.69) is 20.6 Å². The van der Waals surface area contributed by atoms with Crippen molar-refractivity contribution >= 4 is 40.5 Å². The van der Waals surface area contributed by atoms with Gasteiger partial charge in [0, 0.05) is 11.1 Å². The van der Waals surface area contributed by atoms with Crippen LogP contribution in [0.2, 0.25) is 0 Å². The molecule has 7 heteroatoms. The Morgan fingerprint density at radius 1 is 0.893 bits per heavy atom. The van der Waals surface area contributed by atoms with Crippen LogP contribution in [0.4, 0.5) is 5.69 Å². The predicted molar refractivity (Wildman–Crippen MR) is 106 cm³/mol. The van der Waals surface area contributed by atoms with Gasteiger partial charge >= 0.3 is 17.8 Å². The minimum absolute atomic E-state index is 0.401. The molecule has 3 rings (SSSR count). The average molecular weight is 375 g/mol. The topological polar surface area (TPSA) is 96.9 Å². The van der Waals surface area contributed by atoms with Gasteiger partial charge in [-0.05, 0) is 29.1 Å². The number of rotatable bonds is 4. The molecular weight excluding hydrogens is 358 g/mol. The van der Waals surface area contributed by atoms with Gasteiger partial charge in [-0.15, -0.1) is 0 Å². The maximum atomic E-state index is 12.1. The summed E-state index contributed by atoms with van der Waals surface area (Å²) in [6.45, 7) is 0. The average Bonchev–Trinajstić information content (AvgIpc) is 2.73. The van der Waals surface area contributed by atoms with Crippen LogP contribution in [0.15, 0.2) is 71.8 Å². The number of anilines is 1. The summed E-state index contributed by atoms with van der Waals surface area (Å²) in [5.74, 6) is -2.16. The lowest BCUT2D eigenvalue weighted by atomic mass is 10.1. The number of amides is 2. The van der Waals surface area contributed by atoms with Gasteiger partial charge in [-0.25, -0.2) is 10.2 Å². The van der Waals surface area contributed by atoms with Crippen molar-refractivity contribution in [3.63, 3.8) is 0 Å². The number of fused-ring (bicyclic) bond motifs is 1. The number of hydrogen-bond donors (Lipinski definition) is 2. The lowest BCUT2D eigenvalue weighted by molar-refractivity contribution is -0.136. The van der Waals surface area contributed by atoms with Gasteiger partial charge in [0.05, 0.1) is 18.9 Å². The fraction of sp³-hybridized carbons (Fsp3) is 0.0476. The highest BCUT2D eigenvalue weighted by atomic mass is 16.5. The van der Waals surface area contributed by atoms with Crippen LogP contribution in [-0.2, 0) is 14.3 Å².